The first-order chi connectivity index (χ1) is 19.0. The Balaban J connectivity index is 1.37. The van der Waals surface area contributed by atoms with Gasteiger partial charge in [0.15, 0.2) is 11.5 Å². The molecule has 0 spiro atoms. The van der Waals surface area contributed by atoms with Crippen molar-refractivity contribution < 1.29 is 14.3 Å². The van der Waals surface area contributed by atoms with Crippen molar-refractivity contribution in [1.82, 2.24) is 40.0 Å². The second-order valence-electron chi connectivity index (χ2n) is 8.91. The molecule has 39 heavy (non-hydrogen) atoms. The predicted octanol–water partition coefficient (Wildman–Crippen LogP) is 4.22. The SMILES string of the molecule is CN(CCO)C(=O)Nc1cncc(-c2cnc3n[nH]c(-c4nc5c(-c6cccc(F)c6)cncc5[nH]4)c3c2)c1. The number of amides is 2. The molecule has 1 aromatic carbocycles. The summed E-state index contributed by atoms with van der Waals surface area (Å²) in [5.74, 6) is 0.192. The van der Waals surface area contributed by atoms with Gasteiger partial charge in [-0.25, -0.2) is 19.2 Å². The molecule has 11 nitrogen and oxygen atoms in total. The summed E-state index contributed by atoms with van der Waals surface area (Å²) in [7, 11) is 1.59. The minimum atomic E-state index is -0.356. The summed E-state index contributed by atoms with van der Waals surface area (Å²) in [5, 5.41) is 19.9. The number of benzene rings is 1. The summed E-state index contributed by atoms with van der Waals surface area (Å²) in [6.07, 6.45) is 8.22. The van der Waals surface area contributed by atoms with Gasteiger partial charge in [-0.1, -0.05) is 12.1 Å². The molecular formula is C27H22FN9O2. The van der Waals surface area contributed by atoms with E-state index in [-0.39, 0.29) is 25.0 Å². The van der Waals surface area contributed by atoms with Crippen molar-refractivity contribution in [3.63, 3.8) is 0 Å². The summed E-state index contributed by atoms with van der Waals surface area (Å²) >= 11 is 0. The van der Waals surface area contributed by atoms with Crippen molar-refractivity contribution >= 4 is 33.8 Å². The Hall–Kier alpha value is -5.23. The number of likely N-dealkylation sites (N-methyl/N-ethyl adjacent to an activating group) is 1. The number of fused-ring (bicyclic) bond motifs is 2. The van der Waals surface area contributed by atoms with Crippen molar-refractivity contribution in [2.75, 3.05) is 25.5 Å². The van der Waals surface area contributed by atoms with Crippen LogP contribution >= 0.6 is 0 Å². The molecule has 0 aliphatic carbocycles. The topological polar surface area (TPSA) is 149 Å². The number of nitrogens with zero attached hydrogens (tertiary/aromatic N) is 6. The third kappa shape index (κ3) is 4.64. The fourth-order valence-corrected chi connectivity index (χ4v) is 4.29. The standard InChI is InChI=1S/C27H22FN9O2/c1-37(5-6-38)27(39)32-19-8-16(10-29-12-19)17-9-20-24(35-36-25(20)31-11-17)26-33-22-14-30-13-21(23(22)34-26)15-3-2-4-18(28)7-15/h2-4,7-14,38H,5-6H2,1H3,(H,32,39)(H,33,34)(H,31,35,36). The Kier molecular flexibility index (Phi) is 6.13. The van der Waals surface area contributed by atoms with Crippen LogP contribution in [0.5, 0.6) is 0 Å². The van der Waals surface area contributed by atoms with E-state index in [9.17, 15) is 9.18 Å². The molecule has 0 unspecified atom stereocenters. The number of hydrogen-bond donors (Lipinski definition) is 4. The van der Waals surface area contributed by atoms with Crippen molar-refractivity contribution in [3.8, 4) is 33.8 Å². The molecule has 0 atom stereocenters. The van der Waals surface area contributed by atoms with E-state index in [1.807, 2.05) is 12.1 Å². The van der Waals surface area contributed by atoms with Gasteiger partial charge in [-0.05, 0) is 29.8 Å². The maximum absolute atomic E-state index is 13.9. The maximum Gasteiger partial charge on any atom is 0.321 e. The molecule has 5 aromatic heterocycles. The number of halogens is 1. The zero-order valence-corrected chi connectivity index (χ0v) is 20.7. The second kappa shape index (κ2) is 9.91. The molecule has 194 valence electrons. The number of hydrogen-bond acceptors (Lipinski definition) is 7. The molecular weight excluding hydrogens is 501 g/mol. The smallest absolute Gasteiger partial charge is 0.321 e. The van der Waals surface area contributed by atoms with Gasteiger partial charge in [0, 0.05) is 48.9 Å². The lowest BCUT2D eigenvalue weighted by Gasteiger charge is -2.16. The molecule has 0 aliphatic heterocycles. The first kappa shape index (κ1) is 24.1. The molecule has 2 amide bonds. The number of pyridine rings is 3. The highest BCUT2D eigenvalue weighted by Crippen LogP contribution is 2.32. The van der Waals surface area contributed by atoms with Crippen molar-refractivity contribution in [2.45, 2.75) is 0 Å². The Morgan fingerprint density at radius 2 is 1.90 bits per heavy atom. The Labute approximate surface area is 220 Å². The number of aliphatic hydroxyl groups is 1. The van der Waals surface area contributed by atoms with Crippen LogP contribution in [0.4, 0.5) is 14.9 Å². The average molecular weight is 524 g/mol. The molecule has 0 aliphatic rings. The van der Waals surface area contributed by atoms with Crippen LogP contribution in [-0.2, 0) is 0 Å². The van der Waals surface area contributed by atoms with Gasteiger partial charge in [0.25, 0.3) is 0 Å². The molecule has 0 bridgehead atoms. The minimum absolute atomic E-state index is 0.130. The fourth-order valence-electron chi connectivity index (χ4n) is 4.29. The van der Waals surface area contributed by atoms with E-state index in [2.05, 4.69) is 35.5 Å². The molecule has 0 fully saturated rings. The van der Waals surface area contributed by atoms with Gasteiger partial charge in [0.1, 0.15) is 11.5 Å². The van der Waals surface area contributed by atoms with Gasteiger partial charge in [0.2, 0.25) is 0 Å². The van der Waals surface area contributed by atoms with Crippen molar-refractivity contribution in [1.29, 1.82) is 0 Å². The van der Waals surface area contributed by atoms with Crippen molar-refractivity contribution in [2.24, 2.45) is 0 Å². The molecule has 5 heterocycles. The van der Waals surface area contributed by atoms with E-state index in [1.54, 1.807) is 50.2 Å². The van der Waals surface area contributed by atoms with Crippen LogP contribution in [0.15, 0.2) is 67.4 Å². The first-order valence-electron chi connectivity index (χ1n) is 12.0. The van der Waals surface area contributed by atoms with Crippen LogP contribution in [0.2, 0.25) is 0 Å². The highest BCUT2D eigenvalue weighted by atomic mass is 19.1. The molecule has 12 heteroatoms. The Morgan fingerprint density at radius 1 is 1.05 bits per heavy atom. The number of aromatic nitrogens is 7. The van der Waals surface area contributed by atoms with Crippen LogP contribution in [0.25, 0.3) is 55.8 Å². The molecule has 6 aromatic rings. The summed E-state index contributed by atoms with van der Waals surface area (Å²) in [6.45, 7) is 0.0825. The van der Waals surface area contributed by atoms with E-state index in [1.165, 1.54) is 17.0 Å². The third-order valence-electron chi connectivity index (χ3n) is 6.28. The fraction of sp³-hybridized carbons (Fsp3) is 0.111. The Morgan fingerprint density at radius 3 is 2.74 bits per heavy atom. The number of nitrogens with one attached hydrogen (secondary N) is 3. The lowest BCUT2D eigenvalue weighted by atomic mass is 10.1. The highest BCUT2D eigenvalue weighted by Gasteiger charge is 2.17. The van der Waals surface area contributed by atoms with Crippen LogP contribution in [-0.4, -0.2) is 71.4 Å². The monoisotopic (exact) mass is 523 g/mol. The normalized spacial score (nSPS) is 11.3. The number of carbonyl (C=O) groups is 1. The largest absolute Gasteiger partial charge is 0.395 e. The van der Waals surface area contributed by atoms with Crippen LogP contribution in [0.1, 0.15) is 0 Å². The van der Waals surface area contributed by atoms with Crippen LogP contribution < -0.4 is 5.32 Å². The number of aromatic amines is 2. The van der Waals surface area contributed by atoms with E-state index in [4.69, 9.17) is 10.1 Å². The maximum atomic E-state index is 13.9. The van der Waals surface area contributed by atoms with E-state index < -0.39 is 0 Å². The quantitative estimate of drug-likeness (QED) is 0.255. The molecule has 6 rings (SSSR count). The lowest BCUT2D eigenvalue weighted by Crippen LogP contribution is -2.33. The number of anilines is 1. The van der Waals surface area contributed by atoms with E-state index in [0.717, 1.165) is 16.5 Å². The number of carbonyl (C=O) groups excluding carboxylic acids is 1. The summed E-state index contributed by atoms with van der Waals surface area (Å²) < 4.78 is 13.9. The van der Waals surface area contributed by atoms with Crippen LogP contribution in [0.3, 0.4) is 0 Å². The molecule has 0 radical (unpaired) electrons. The highest BCUT2D eigenvalue weighted by molar-refractivity contribution is 5.97. The number of urea groups is 1. The number of aliphatic hydroxyl groups excluding tert-OH is 1. The van der Waals surface area contributed by atoms with Crippen molar-refractivity contribution in [3.05, 3.63) is 73.2 Å². The number of rotatable bonds is 6. The Bertz CT molecular complexity index is 1830. The van der Waals surface area contributed by atoms with Gasteiger partial charge in [-0.15, -0.1) is 0 Å². The van der Waals surface area contributed by atoms with E-state index in [0.29, 0.717) is 45.0 Å². The average Bonchev–Trinajstić information content (AvgIpc) is 3.57. The summed E-state index contributed by atoms with van der Waals surface area (Å²) in [6, 6.07) is 9.65. The lowest BCUT2D eigenvalue weighted by molar-refractivity contribution is 0.202. The number of imidazole rings is 1. The van der Waals surface area contributed by atoms with E-state index >= 15 is 0 Å². The molecule has 0 saturated heterocycles. The molecule has 4 N–H and O–H groups in total. The van der Waals surface area contributed by atoms with Gasteiger partial charge in [0.05, 0.1) is 41.1 Å². The zero-order chi connectivity index (χ0) is 26.9. The first-order valence-corrected chi connectivity index (χ1v) is 12.0. The van der Waals surface area contributed by atoms with Gasteiger partial charge >= 0.3 is 6.03 Å². The van der Waals surface area contributed by atoms with Gasteiger partial charge < -0.3 is 20.3 Å². The van der Waals surface area contributed by atoms with Crippen LogP contribution in [0, 0.1) is 5.82 Å². The second-order valence-corrected chi connectivity index (χ2v) is 8.91. The minimum Gasteiger partial charge on any atom is -0.395 e. The number of H-pyrrole nitrogens is 2. The summed E-state index contributed by atoms with van der Waals surface area (Å²) in [5.41, 5.74) is 5.85. The predicted molar refractivity (Wildman–Crippen MR) is 144 cm³/mol. The summed E-state index contributed by atoms with van der Waals surface area (Å²) in [4.78, 5) is 34.8. The van der Waals surface area contributed by atoms with Gasteiger partial charge in [-0.3, -0.25) is 15.1 Å². The third-order valence-corrected chi connectivity index (χ3v) is 6.28. The zero-order valence-electron chi connectivity index (χ0n) is 20.7. The molecule has 0 saturated carbocycles. The van der Waals surface area contributed by atoms with Gasteiger partial charge in [-0.2, -0.15) is 5.10 Å².